The number of thiazole rings is 1. The highest BCUT2D eigenvalue weighted by atomic mass is 32.1. The number of nitrogens with one attached hydrogen (secondary N) is 1. The van der Waals surface area contributed by atoms with E-state index in [1.807, 2.05) is 38.1 Å². The number of anilines is 1. The van der Waals surface area contributed by atoms with Gasteiger partial charge in [-0.05, 0) is 13.8 Å². The molecule has 29 heavy (non-hydrogen) atoms. The Balaban J connectivity index is 1.86. The van der Waals surface area contributed by atoms with E-state index in [-0.39, 0.29) is 11.5 Å². The van der Waals surface area contributed by atoms with Crippen LogP contribution >= 0.6 is 11.3 Å². The van der Waals surface area contributed by atoms with Crippen LogP contribution in [0.2, 0.25) is 0 Å². The van der Waals surface area contributed by atoms with Gasteiger partial charge in [-0.25, -0.2) is 9.78 Å². The average Bonchev–Trinajstić information content (AvgIpc) is 3.20. The number of hydrogen-bond donors (Lipinski definition) is 1. The molecule has 3 aromatic rings. The minimum atomic E-state index is -1.04. The van der Waals surface area contributed by atoms with Gasteiger partial charge in [-0.15, -0.1) is 17.9 Å². The van der Waals surface area contributed by atoms with E-state index in [1.165, 1.54) is 11.3 Å². The van der Waals surface area contributed by atoms with Gasteiger partial charge >= 0.3 is 5.97 Å². The Kier molecular flexibility index (Phi) is 6.57. The predicted molar refractivity (Wildman–Crippen MR) is 116 cm³/mol. The van der Waals surface area contributed by atoms with Crippen molar-refractivity contribution in [2.75, 3.05) is 11.9 Å². The second kappa shape index (κ2) is 9.30. The van der Waals surface area contributed by atoms with Crippen molar-refractivity contribution in [1.29, 1.82) is 0 Å². The first kappa shape index (κ1) is 20.5. The smallest absolute Gasteiger partial charge is 0.358 e. The Morgan fingerprint density at radius 3 is 2.34 bits per heavy atom. The zero-order valence-electron chi connectivity index (χ0n) is 16.3. The number of Topliss-reactive ketones (excluding diaryl/α,β-unsaturated/α-hetero) is 1. The quantitative estimate of drug-likeness (QED) is 0.319. The van der Waals surface area contributed by atoms with E-state index in [4.69, 9.17) is 4.74 Å². The lowest BCUT2D eigenvalue weighted by Crippen LogP contribution is -2.20. The van der Waals surface area contributed by atoms with Crippen molar-refractivity contribution in [3.63, 3.8) is 0 Å². The molecule has 2 aromatic carbocycles. The maximum Gasteiger partial charge on any atom is 0.358 e. The largest absolute Gasteiger partial charge is 0.444 e. The molecule has 0 saturated carbocycles. The molecule has 0 aliphatic rings. The number of hydrogen-bond acceptors (Lipinski definition) is 6. The Morgan fingerprint density at radius 2 is 1.72 bits per heavy atom. The van der Waals surface area contributed by atoms with Gasteiger partial charge in [0.05, 0.1) is 0 Å². The molecule has 0 unspecified atom stereocenters. The number of ketones is 1. The summed E-state index contributed by atoms with van der Waals surface area (Å²) in [6, 6.07) is 14.6. The third kappa shape index (κ3) is 5.18. The zero-order valence-corrected chi connectivity index (χ0v) is 17.2. The van der Waals surface area contributed by atoms with Gasteiger partial charge in [0.15, 0.2) is 16.9 Å². The van der Waals surface area contributed by atoms with Crippen LogP contribution in [0.5, 0.6) is 0 Å². The fourth-order valence-corrected chi connectivity index (χ4v) is 3.35. The molecule has 0 bridgehead atoms. The van der Waals surface area contributed by atoms with Crippen LogP contribution in [0, 0.1) is 13.8 Å². The van der Waals surface area contributed by atoms with Gasteiger partial charge in [0.2, 0.25) is 5.78 Å². The minimum absolute atomic E-state index is 0.162. The second-order valence-corrected chi connectivity index (χ2v) is 7.49. The van der Waals surface area contributed by atoms with E-state index in [0.29, 0.717) is 22.8 Å². The van der Waals surface area contributed by atoms with E-state index in [0.717, 1.165) is 11.1 Å². The molecule has 0 amide bonds. The standard InChI is InChI=1S/C23H22N2O3S/c1-4-13-24-23-25-19(14-29-23)22(27)28-21(18-11-7-16(3)8-12-18)20(26)17-9-5-15(2)6-10-17/h4-12,14,21H,1,13H2,2-3H3,(H,24,25)/t21-/m1/s1. The molecule has 0 fully saturated rings. The minimum Gasteiger partial charge on any atom is -0.444 e. The Bertz CT molecular complexity index is 1010. The predicted octanol–water partition coefficient (Wildman–Crippen LogP) is 5.14. The normalized spacial score (nSPS) is 11.5. The van der Waals surface area contributed by atoms with Crippen molar-refractivity contribution in [3.05, 3.63) is 94.5 Å². The van der Waals surface area contributed by atoms with Gasteiger partial charge in [0, 0.05) is 23.1 Å². The van der Waals surface area contributed by atoms with Crippen LogP contribution in [0.25, 0.3) is 0 Å². The summed E-state index contributed by atoms with van der Waals surface area (Å²) < 4.78 is 5.63. The lowest BCUT2D eigenvalue weighted by molar-refractivity contribution is 0.0275. The Labute approximate surface area is 174 Å². The van der Waals surface area contributed by atoms with Crippen LogP contribution in [-0.4, -0.2) is 23.3 Å². The molecule has 3 rings (SSSR count). The summed E-state index contributed by atoms with van der Waals surface area (Å²) in [4.78, 5) is 30.1. The molecule has 0 saturated heterocycles. The molecular weight excluding hydrogens is 384 g/mol. The third-order valence-corrected chi connectivity index (χ3v) is 5.09. The summed E-state index contributed by atoms with van der Waals surface area (Å²) in [6.07, 6.45) is 0.657. The molecule has 148 valence electrons. The molecule has 6 heteroatoms. The second-order valence-electron chi connectivity index (χ2n) is 6.63. The first-order valence-corrected chi connectivity index (χ1v) is 10.0. The van der Waals surface area contributed by atoms with E-state index < -0.39 is 12.1 Å². The molecule has 1 atom stereocenters. The Hall–Kier alpha value is -3.25. The summed E-state index contributed by atoms with van der Waals surface area (Å²) in [5, 5.41) is 5.23. The SMILES string of the molecule is C=CCNc1nc(C(=O)O[C@@H](C(=O)c2ccc(C)cc2)c2ccc(C)cc2)cs1. The lowest BCUT2D eigenvalue weighted by Gasteiger charge is -2.17. The van der Waals surface area contributed by atoms with Crippen LogP contribution in [0.1, 0.15) is 43.6 Å². The van der Waals surface area contributed by atoms with Crippen LogP contribution in [0.3, 0.4) is 0 Å². The maximum atomic E-state index is 13.1. The number of nitrogens with zero attached hydrogens (tertiary/aromatic N) is 1. The summed E-state index contributed by atoms with van der Waals surface area (Å²) >= 11 is 1.29. The van der Waals surface area contributed by atoms with Crippen LogP contribution in [0.4, 0.5) is 5.13 Å². The summed E-state index contributed by atoms with van der Waals surface area (Å²) in [5.41, 5.74) is 3.37. The van der Waals surface area contributed by atoms with Crippen LogP contribution in [0.15, 0.2) is 66.6 Å². The van der Waals surface area contributed by atoms with Crippen molar-refractivity contribution in [3.8, 4) is 0 Å². The molecule has 0 spiro atoms. The van der Waals surface area contributed by atoms with Crippen molar-refractivity contribution in [2.24, 2.45) is 0 Å². The Morgan fingerprint density at radius 1 is 1.10 bits per heavy atom. The lowest BCUT2D eigenvalue weighted by atomic mass is 9.98. The number of rotatable bonds is 8. The number of ether oxygens (including phenoxy) is 1. The number of aryl methyl sites for hydroxylation is 2. The van der Waals surface area contributed by atoms with Gasteiger partial charge in [-0.1, -0.05) is 65.7 Å². The van der Waals surface area contributed by atoms with Crippen molar-refractivity contribution in [2.45, 2.75) is 20.0 Å². The van der Waals surface area contributed by atoms with Crippen LogP contribution in [-0.2, 0) is 4.74 Å². The van der Waals surface area contributed by atoms with Crippen molar-refractivity contribution < 1.29 is 14.3 Å². The highest BCUT2D eigenvalue weighted by Gasteiger charge is 2.27. The number of carbonyl (C=O) groups is 2. The van der Waals surface area contributed by atoms with E-state index >= 15 is 0 Å². The number of aromatic nitrogens is 1. The van der Waals surface area contributed by atoms with E-state index in [2.05, 4.69) is 16.9 Å². The van der Waals surface area contributed by atoms with Gasteiger partial charge in [-0.2, -0.15) is 0 Å². The third-order valence-electron chi connectivity index (χ3n) is 4.29. The molecule has 1 aromatic heterocycles. The van der Waals surface area contributed by atoms with Gasteiger partial charge in [0.1, 0.15) is 0 Å². The fourth-order valence-electron chi connectivity index (χ4n) is 2.66. The molecule has 1 heterocycles. The number of esters is 1. The van der Waals surface area contributed by atoms with Crippen molar-refractivity contribution >= 4 is 28.2 Å². The van der Waals surface area contributed by atoms with Gasteiger partial charge < -0.3 is 10.1 Å². The van der Waals surface area contributed by atoms with E-state index in [1.54, 1.807) is 35.7 Å². The summed E-state index contributed by atoms with van der Waals surface area (Å²) in [5.74, 6) is -0.915. The van der Waals surface area contributed by atoms with E-state index in [9.17, 15) is 9.59 Å². The monoisotopic (exact) mass is 406 g/mol. The fraction of sp³-hybridized carbons (Fsp3) is 0.174. The first-order valence-electron chi connectivity index (χ1n) is 9.16. The molecule has 1 N–H and O–H groups in total. The molecule has 0 aliphatic carbocycles. The molecule has 0 aliphatic heterocycles. The molecule has 5 nitrogen and oxygen atoms in total. The highest BCUT2D eigenvalue weighted by Crippen LogP contribution is 2.26. The average molecular weight is 407 g/mol. The topological polar surface area (TPSA) is 68.3 Å². The molecule has 0 radical (unpaired) electrons. The highest BCUT2D eigenvalue weighted by molar-refractivity contribution is 7.13. The molecular formula is C23H22N2O3S. The number of benzene rings is 2. The van der Waals surface area contributed by atoms with Crippen molar-refractivity contribution in [1.82, 2.24) is 4.98 Å². The first-order chi connectivity index (χ1) is 14.0. The zero-order chi connectivity index (χ0) is 20.8. The number of carbonyl (C=O) groups excluding carboxylic acids is 2. The summed E-state index contributed by atoms with van der Waals surface area (Å²) in [7, 11) is 0. The maximum absolute atomic E-state index is 13.1. The van der Waals surface area contributed by atoms with Gasteiger partial charge in [0.25, 0.3) is 0 Å². The summed E-state index contributed by atoms with van der Waals surface area (Å²) in [6.45, 7) is 8.09. The van der Waals surface area contributed by atoms with Crippen LogP contribution < -0.4 is 5.32 Å². The van der Waals surface area contributed by atoms with Gasteiger partial charge in [-0.3, -0.25) is 4.79 Å².